The van der Waals surface area contributed by atoms with E-state index in [9.17, 15) is 4.79 Å². The van der Waals surface area contributed by atoms with Gasteiger partial charge in [-0.25, -0.2) is 4.79 Å². The van der Waals surface area contributed by atoms with Gasteiger partial charge in [-0.05, 0) is 35.6 Å². The average Bonchev–Trinajstić information content (AvgIpc) is 2.52. The van der Waals surface area contributed by atoms with Gasteiger partial charge in [-0.2, -0.15) is 0 Å². The van der Waals surface area contributed by atoms with Crippen molar-refractivity contribution in [3.05, 3.63) is 70.3 Å². The van der Waals surface area contributed by atoms with Crippen LogP contribution in [0, 0.1) is 6.92 Å². The molecule has 126 valence electrons. The number of carboxylic acid groups (broad SMARTS) is 1. The van der Waals surface area contributed by atoms with E-state index in [1.165, 1.54) is 12.7 Å². The van der Waals surface area contributed by atoms with Crippen molar-refractivity contribution in [3.63, 3.8) is 0 Å². The Morgan fingerprint density at radius 2 is 1.62 bits per heavy atom. The van der Waals surface area contributed by atoms with Crippen molar-refractivity contribution in [2.75, 3.05) is 7.11 Å². The molecule has 2 aromatic carbocycles. The SMILES string of the molecule is CON=C(c1ccc(C(=O)O)cc1)c1ccc(C(C)(C)C)cc1C. The van der Waals surface area contributed by atoms with Gasteiger partial charge in [0.2, 0.25) is 0 Å². The zero-order valence-electron chi connectivity index (χ0n) is 14.8. The monoisotopic (exact) mass is 325 g/mol. The van der Waals surface area contributed by atoms with Gasteiger partial charge in [-0.1, -0.05) is 56.3 Å². The Bertz CT molecular complexity index is 768. The molecule has 0 spiro atoms. The van der Waals surface area contributed by atoms with Gasteiger partial charge in [0.25, 0.3) is 0 Å². The molecule has 4 heteroatoms. The first-order valence-electron chi connectivity index (χ1n) is 7.80. The Kier molecular flexibility index (Phi) is 5.07. The molecule has 0 aliphatic rings. The molecule has 0 radical (unpaired) electrons. The minimum absolute atomic E-state index is 0.0744. The number of hydrogen-bond donors (Lipinski definition) is 1. The highest BCUT2D eigenvalue weighted by molar-refractivity contribution is 6.13. The molecule has 0 saturated heterocycles. The third kappa shape index (κ3) is 3.82. The van der Waals surface area contributed by atoms with E-state index in [4.69, 9.17) is 9.94 Å². The molecule has 0 atom stereocenters. The summed E-state index contributed by atoms with van der Waals surface area (Å²) in [7, 11) is 1.50. The van der Waals surface area contributed by atoms with Crippen LogP contribution in [-0.2, 0) is 10.3 Å². The third-order valence-corrected chi connectivity index (χ3v) is 3.94. The highest BCUT2D eigenvalue weighted by atomic mass is 16.6. The van der Waals surface area contributed by atoms with E-state index in [1.54, 1.807) is 24.3 Å². The molecule has 2 rings (SSSR count). The maximum Gasteiger partial charge on any atom is 0.335 e. The van der Waals surface area contributed by atoms with Crippen LogP contribution < -0.4 is 0 Å². The van der Waals surface area contributed by atoms with Crippen LogP contribution in [0.4, 0.5) is 0 Å². The van der Waals surface area contributed by atoms with Crippen LogP contribution in [-0.4, -0.2) is 23.9 Å². The highest BCUT2D eigenvalue weighted by Gasteiger charge is 2.17. The van der Waals surface area contributed by atoms with Crippen LogP contribution in [0.3, 0.4) is 0 Å². The summed E-state index contributed by atoms with van der Waals surface area (Å²) in [5, 5.41) is 13.2. The molecule has 4 nitrogen and oxygen atoms in total. The number of carboxylic acids is 1. The van der Waals surface area contributed by atoms with Crippen LogP contribution in [0.15, 0.2) is 47.6 Å². The second-order valence-corrected chi connectivity index (χ2v) is 6.78. The maximum absolute atomic E-state index is 11.0. The zero-order valence-corrected chi connectivity index (χ0v) is 14.8. The summed E-state index contributed by atoms with van der Waals surface area (Å²) in [4.78, 5) is 16.0. The minimum atomic E-state index is -0.947. The Morgan fingerprint density at radius 3 is 2.08 bits per heavy atom. The number of oxime groups is 1. The summed E-state index contributed by atoms with van der Waals surface area (Å²) < 4.78 is 0. The first kappa shape index (κ1) is 17.7. The second-order valence-electron chi connectivity index (χ2n) is 6.78. The molecular formula is C20H23NO3. The zero-order chi connectivity index (χ0) is 17.9. The van der Waals surface area contributed by atoms with Crippen molar-refractivity contribution in [1.82, 2.24) is 0 Å². The molecule has 0 bridgehead atoms. The number of aromatic carboxylic acids is 1. The molecule has 0 aliphatic heterocycles. The Balaban J connectivity index is 2.49. The summed E-state index contributed by atoms with van der Waals surface area (Å²) in [5.41, 5.74) is 5.14. The summed E-state index contributed by atoms with van der Waals surface area (Å²) in [6.45, 7) is 8.57. The number of carbonyl (C=O) groups is 1. The topological polar surface area (TPSA) is 58.9 Å². The Hall–Kier alpha value is -2.62. The third-order valence-electron chi connectivity index (χ3n) is 3.94. The number of rotatable bonds is 4. The molecule has 0 heterocycles. The predicted octanol–water partition coefficient (Wildman–Crippen LogP) is 4.39. The van der Waals surface area contributed by atoms with E-state index in [-0.39, 0.29) is 11.0 Å². The molecule has 0 fully saturated rings. The molecular weight excluding hydrogens is 302 g/mol. The van der Waals surface area contributed by atoms with Crippen LogP contribution in [0.1, 0.15) is 53.4 Å². The van der Waals surface area contributed by atoms with Gasteiger partial charge in [-0.15, -0.1) is 0 Å². The fourth-order valence-corrected chi connectivity index (χ4v) is 2.52. The normalized spacial score (nSPS) is 12.1. The number of hydrogen-bond acceptors (Lipinski definition) is 3. The van der Waals surface area contributed by atoms with E-state index in [0.717, 1.165) is 16.7 Å². The van der Waals surface area contributed by atoms with Crippen LogP contribution in [0.2, 0.25) is 0 Å². The molecule has 1 N–H and O–H groups in total. The quantitative estimate of drug-likeness (QED) is 0.670. The van der Waals surface area contributed by atoms with Gasteiger partial charge in [0, 0.05) is 11.1 Å². The number of nitrogens with zero attached hydrogens (tertiary/aromatic N) is 1. The molecule has 24 heavy (non-hydrogen) atoms. The highest BCUT2D eigenvalue weighted by Crippen LogP contribution is 2.26. The fraction of sp³-hybridized carbons (Fsp3) is 0.300. The van der Waals surface area contributed by atoms with E-state index < -0.39 is 5.97 Å². The van der Waals surface area contributed by atoms with Crippen LogP contribution >= 0.6 is 0 Å². The molecule has 0 amide bonds. The van der Waals surface area contributed by atoms with Crippen molar-refractivity contribution < 1.29 is 14.7 Å². The lowest BCUT2D eigenvalue weighted by molar-refractivity contribution is 0.0697. The first-order chi connectivity index (χ1) is 11.2. The Morgan fingerprint density at radius 1 is 1.04 bits per heavy atom. The molecule has 0 aromatic heterocycles. The van der Waals surface area contributed by atoms with E-state index in [0.29, 0.717) is 5.71 Å². The first-order valence-corrected chi connectivity index (χ1v) is 7.80. The molecule has 0 aliphatic carbocycles. The minimum Gasteiger partial charge on any atom is -0.478 e. The van der Waals surface area contributed by atoms with Crippen LogP contribution in [0.25, 0.3) is 0 Å². The average molecular weight is 325 g/mol. The number of benzene rings is 2. The lowest BCUT2D eigenvalue weighted by Gasteiger charge is -2.21. The summed E-state index contributed by atoms with van der Waals surface area (Å²) >= 11 is 0. The largest absolute Gasteiger partial charge is 0.478 e. The van der Waals surface area contributed by atoms with Crippen LogP contribution in [0.5, 0.6) is 0 Å². The molecule has 2 aromatic rings. The standard InChI is InChI=1S/C20H23NO3/c1-13-12-16(20(2,3)4)10-11-17(13)18(21-24-5)14-6-8-15(9-7-14)19(22)23/h6-12H,1-5H3,(H,22,23). The van der Waals surface area contributed by atoms with Crippen molar-refractivity contribution in [3.8, 4) is 0 Å². The summed E-state index contributed by atoms with van der Waals surface area (Å²) in [6.07, 6.45) is 0. The predicted molar refractivity (Wildman–Crippen MR) is 95.9 cm³/mol. The second kappa shape index (κ2) is 6.87. The van der Waals surface area contributed by atoms with Gasteiger partial charge in [0.05, 0.1) is 5.56 Å². The number of aryl methyl sites for hydroxylation is 1. The Labute approximate surface area is 142 Å². The van der Waals surface area contributed by atoms with E-state index in [2.05, 4.69) is 38.1 Å². The smallest absolute Gasteiger partial charge is 0.335 e. The van der Waals surface area contributed by atoms with Gasteiger partial charge < -0.3 is 9.94 Å². The van der Waals surface area contributed by atoms with Crippen molar-refractivity contribution in [2.24, 2.45) is 5.16 Å². The van der Waals surface area contributed by atoms with Gasteiger partial charge >= 0.3 is 5.97 Å². The van der Waals surface area contributed by atoms with Gasteiger partial charge in [0.15, 0.2) is 0 Å². The van der Waals surface area contributed by atoms with E-state index >= 15 is 0 Å². The van der Waals surface area contributed by atoms with E-state index in [1.807, 2.05) is 13.0 Å². The molecule has 0 saturated carbocycles. The lowest BCUT2D eigenvalue weighted by atomic mass is 9.84. The molecule has 0 unspecified atom stereocenters. The van der Waals surface area contributed by atoms with Crippen molar-refractivity contribution in [2.45, 2.75) is 33.1 Å². The summed E-state index contributed by atoms with van der Waals surface area (Å²) in [5.74, 6) is -0.947. The fourth-order valence-electron chi connectivity index (χ4n) is 2.52. The van der Waals surface area contributed by atoms with Crippen molar-refractivity contribution >= 4 is 11.7 Å². The van der Waals surface area contributed by atoms with Gasteiger partial charge in [-0.3, -0.25) is 0 Å². The lowest BCUT2D eigenvalue weighted by Crippen LogP contribution is -2.13. The van der Waals surface area contributed by atoms with Gasteiger partial charge in [0.1, 0.15) is 12.8 Å². The van der Waals surface area contributed by atoms with Crippen molar-refractivity contribution in [1.29, 1.82) is 0 Å². The summed E-state index contributed by atoms with van der Waals surface area (Å²) in [6, 6.07) is 12.9. The maximum atomic E-state index is 11.0.